The van der Waals surface area contributed by atoms with Gasteiger partial charge in [0, 0.05) is 0 Å². The summed E-state index contributed by atoms with van der Waals surface area (Å²) in [6, 6.07) is 0. The van der Waals surface area contributed by atoms with E-state index in [4.69, 9.17) is 9.47 Å². The molecule has 0 aliphatic rings. The van der Waals surface area contributed by atoms with Crippen molar-refractivity contribution < 1.29 is 14.3 Å². The topological polar surface area (TPSA) is 35.5 Å². The van der Waals surface area contributed by atoms with Crippen molar-refractivity contribution in [3.63, 3.8) is 0 Å². The molecule has 0 unspecified atom stereocenters. The van der Waals surface area contributed by atoms with Crippen LogP contribution < -0.4 is 0 Å². The summed E-state index contributed by atoms with van der Waals surface area (Å²) in [5, 5.41) is 0. The molecular weight excluding hydrogens is 155 g/mol. The molecule has 3 nitrogen and oxygen atoms in total. The van der Waals surface area contributed by atoms with Gasteiger partial charge in [-0.05, 0) is 27.2 Å². The summed E-state index contributed by atoms with van der Waals surface area (Å²) in [4.78, 5) is 10.9. The predicted octanol–water partition coefficient (Wildman–Crippen LogP) is 1.38. The van der Waals surface area contributed by atoms with Crippen LogP contribution >= 0.6 is 0 Å². The van der Waals surface area contributed by atoms with Gasteiger partial charge in [-0.1, -0.05) is 6.32 Å². The standard InChI is InChI=1S/C8H17BO3/c1-8(2,3)12-7(10)11-6-4-5-9/h4-6,9H2,1-3H3. The molecule has 70 valence electrons. The molecule has 0 atom stereocenters. The fourth-order valence-corrected chi connectivity index (χ4v) is 0.579. The van der Waals surface area contributed by atoms with Crippen LogP contribution in [0, 0.1) is 0 Å². The summed E-state index contributed by atoms with van der Waals surface area (Å²) in [6.07, 6.45) is 1.33. The van der Waals surface area contributed by atoms with Crippen molar-refractivity contribution in [2.45, 2.75) is 39.1 Å². The van der Waals surface area contributed by atoms with E-state index >= 15 is 0 Å². The van der Waals surface area contributed by atoms with E-state index in [2.05, 4.69) is 0 Å². The average Bonchev–Trinajstić information content (AvgIpc) is 1.84. The van der Waals surface area contributed by atoms with Crippen LogP contribution in [0.25, 0.3) is 0 Å². The molecule has 0 radical (unpaired) electrons. The first-order chi connectivity index (χ1) is 5.45. The molecule has 0 bridgehead atoms. The van der Waals surface area contributed by atoms with Gasteiger partial charge in [0.2, 0.25) is 0 Å². The van der Waals surface area contributed by atoms with Gasteiger partial charge in [0.15, 0.2) is 0 Å². The lowest BCUT2D eigenvalue weighted by Gasteiger charge is -2.18. The van der Waals surface area contributed by atoms with Gasteiger partial charge >= 0.3 is 6.16 Å². The minimum atomic E-state index is -0.573. The highest BCUT2D eigenvalue weighted by atomic mass is 16.7. The third kappa shape index (κ3) is 7.44. The van der Waals surface area contributed by atoms with Crippen molar-refractivity contribution in [3.05, 3.63) is 0 Å². The fourth-order valence-electron chi connectivity index (χ4n) is 0.579. The average molecular weight is 172 g/mol. The molecule has 12 heavy (non-hydrogen) atoms. The summed E-state index contributed by atoms with van der Waals surface area (Å²) in [6.45, 7) is 5.89. The van der Waals surface area contributed by atoms with E-state index in [0.29, 0.717) is 6.61 Å². The zero-order chi connectivity index (χ0) is 9.61. The molecule has 0 aromatic rings. The van der Waals surface area contributed by atoms with Crippen LogP contribution in [0.15, 0.2) is 0 Å². The normalized spacial score (nSPS) is 10.9. The van der Waals surface area contributed by atoms with Gasteiger partial charge < -0.3 is 9.47 Å². The Kier molecular flexibility index (Phi) is 4.78. The smallest absolute Gasteiger partial charge is 0.434 e. The third-order valence-corrected chi connectivity index (χ3v) is 1.11. The van der Waals surface area contributed by atoms with Crippen LogP contribution in [-0.4, -0.2) is 26.2 Å². The third-order valence-electron chi connectivity index (χ3n) is 1.11. The second kappa shape index (κ2) is 5.06. The Balaban J connectivity index is 3.47. The Morgan fingerprint density at radius 3 is 2.42 bits per heavy atom. The van der Waals surface area contributed by atoms with Crippen molar-refractivity contribution >= 4 is 14.0 Å². The molecule has 0 aliphatic carbocycles. The molecular formula is C8H17BO3. The summed E-state index contributed by atoms with van der Waals surface area (Å²) in [5.74, 6) is 0. The first-order valence-corrected chi connectivity index (χ1v) is 4.31. The highest BCUT2D eigenvalue weighted by Gasteiger charge is 2.16. The minimum absolute atomic E-state index is 0.450. The molecule has 0 aliphatic heterocycles. The van der Waals surface area contributed by atoms with E-state index in [1.165, 1.54) is 0 Å². The lowest BCUT2D eigenvalue weighted by molar-refractivity contribution is -0.00700. The Morgan fingerprint density at radius 1 is 1.42 bits per heavy atom. The Hall–Kier alpha value is -0.665. The van der Waals surface area contributed by atoms with Gasteiger partial charge in [0.1, 0.15) is 13.4 Å². The van der Waals surface area contributed by atoms with Crippen LogP contribution in [0.2, 0.25) is 6.32 Å². The molecule has 0 rings (SSSR count). The minimum Gasteiger partial charge on any atom is -0.434 e. The molecule has 0 heterocycles. The second-order valence-electron chi connectivity index (χ2n) is 3.67. The molecule has 4 heteroatoms. The van der Waals surface area contributed by atoms with Gasteiger partial charge in [0.25, 0.3) is 0 Å². The van der Waals surface area contributed by atoms with Gasteiger partial charge in [-0.3, -0.25) is 0 Å². The SMILES string of the molecule is BCCCOC(=O)OC(C)(C)C. The maximum absolute atomic E-state index is 10.9. The molecule has 0 saturated heterocycles. The van der Waals surface area contributed by atoms with E-state index in [1.54, 1.807) is 0 Å². The number of carbonyl (C=O) groups is 1. The van der Waals surface area contributed by atoms with E-state index in [-0.39, 0.29) is 0 Å². The maximum atomic E-state index is 10.9. The lowest BCUT2D eigenvalue weighted by atomic mass is 10.0. The number of ether oxygens (including phenoxy) is 2. The Morgan fingerprint density at radius 2 is 2.00 bits per heavy atom. The lowest BCUT2D eigenvalue weighted by Crippen LogP contribution is -2.24. The van der Waals surface area contributed by atoms with Crippen LogP contribution in [0.1, 0.15) is 27.2 Å². The fraction of sp³-hybridized carbons (Fsp3) is 0.875. The monoisotopic (exact) mass is 172 g/mol. The van der Waals surface area contributed by atoms with Crippen molar-refractivity contribution in [1.82, 2.24) is 0 Å². The predicted molar refractivity (Wildman–Crippen MR) is 50.2 cm³/mol. The van der Waals surface area contributed by atoms with Crippen molar-refractivity contribution in [2.24, 2.45) is 0 Å². The second-order valence-corrected chi connectivity index (χ2v) is 3.67. The van der Waals surface area contributed by atoms with Gasteiger partial charge in [-0.15, -0.1) is 0 Å². The highest BCUT2D eigenvalue weighted by Crippen LogP contribution is 2.08. The number of rotatable bonds is 3. The number of carbonyl (C=O) groups excluding carboxylic acids is 1. The molecule has 0 saturated carbocycles. The van der Waals surface area contributed by atoms with Crippen LogP contribution in [0.4, 0.5) is 4.79 Å². The van der Waals surface area contributed by atoms with Gasteiger partial charge in [0.05, 0.1) is 6.61 Å². The summed E-state index contributed by atoms with van der Waals surface area (Å²) in [5.41, 5.74) is -0.455. The largest absolute Gasteiger partial charge is 0.508 e. The maximum Gasteiger partial charge on any atom is 0.508 e. The highest BCUT2D eigenvalue weighted by molar-refractivity contribution is 6.08. The zero-order valence-electron chi connectivity index (χ0n) is 8.35. The molecule has 0 fully saturated rings. The molecule has 0 amide bonds. The molecule has 0 N–H and O–H groups in total. The van der Waals surface area contributed by atoms with E-state index < -0.39 is 11.8 Å². The van der Waals surface area contributed by atoms with Crippen molar-refractivity contribution in [1.29, 1.82) is 0 Å². The first kappa shape index (κ1) is 11.3. The number of hydrogen-bond acceptors (Lipinski definition) is 3. The summed E-state index contributed by atoms with van der Waals surface area (Å²) in [7, 11) is 2.04. The summed E-state index contributed by atoms with van der Waals surface area (Å²) < 4.78 is 9.72. The van der Waals surface area contributed by atoms with Crippen LogP contribution in [0.3, 0.4) is 0 Å². The van der Waals surface area contributed by atoms with E-state index in [0.717, 1.165) is 12.7 Å². The molecule has 0 aromatic carbocycles. The van der Waals surface area contributed by atoms with Crippen LogP contribution in [-0.2, 0) is 9.47 Å². The van der Waals surface area contributed by atoms with Crippen molar-refractivity contribution in [2.75, 3.05) is 6.61 Å². The number of hydrogen-bond donors (Lipinski definition) is 0. The first-order valence-electron chi connectivity index (χ1n) is 4.31. The quantitative estimate of drug-likeness (QED) is 0.366. The molecule has 0 aromatic heterocycles. The Labute approximate surface area is 74.8 Å². The summed E-state index contributed by atoms with van der Waals surface area (Å²) >= 11 is 0. The van der Waals surface area contributed by atoms with Crippen LogP contribution in [0.5, 0.6) is 0 Å². The zero-order valence-corrected chi connectivity index (χ0v) is 8.35. The van der Waals surface area contributed by atoms with Gasteiger partial charge in [-0.2, -0.15) is 0 Å². The van der Waals surface area contributed by atoms with Gasteiger partial charge in [-0.25, -0.2) is 4.79 Å². The van der Waals surface area contributed by atoms with E-state index in [1.807, 2.05) is 28.6 Å². The molecule has 0 spiro atoms. The van der Waals surface area contributed by atoms with Crippen molar-refractivity contribution in [3.8, 4) is 0 Å². The Bertz CT molecular complexity index is 140. The van der Waals surface area contributed by atoms with E-state index in [9.17, 15) is 4.79 Å².